The van der Waals surface area contributed by atoms with Crippen LogP contribution >= 0.6 is 0 Å². The molecule has 27 heavy (non-hydrogen) atoms. The molecule has 0 saturated carbocycles. The summed E-state index contributed by atoms with van der Waals surface area (Å²) in [7, 11) is 0. The Balaban J connectivity index is 1.61. The largest absolute Gasteiger partial charge is 0.416 e. The third-order valence-corrected chi connectivity index (χ3v) is 4.42. The molecule has 142 valence electrons. The Morgan fingerprint density at radius 2 is 1.44 bits per heavy atom. The summed E-state index contributed by atoms with van der Waals surface area (Å²) in [6.07, 6.45) is -4.43. The van der Waals surface area contributed by atoms with E-state index in [2.05, 4.69) is 4.98 Å². The van der Waals surface area contributed by atoms with Crippen molar-refractivity contribution in [3.05, 3.63) is 65.0 Å². The number of halogens is 3. The minimum atomic E-state index is -4.43. The Hall–Kier alpha value is -2.90. The van der Waals surface area contributed by atoms with Gasteiger partial charge in [0.15, 0.2) is 0 Å². The van der Waals surface area contributed by atoms with Crippen LogP contribution < -0.4 is 0 Å². The standard InChI is InChI=1S/C19H18F3N3O2/c1-13-3-2-4-16(23-13)18(27)25-11-9-24(10-12-25)17(26)14-5-7-15(8-6-14)19(20,21)22/h2-8H,9-12H2,1H3. The topological polar surface area (TPSA) is 53.5 Å². The van der Waals surface area contributed by atoms with E-state index in [-0.39, 0.29) is 17.4 Å². The van der Waals surface area contributed by atoms with Crippen molar-refractivity contribution in [1.29, 1.82) is 0 Å². The van der Waals surface area contributed by atoms with Gasteiger partial charge in [0, 0.05) is 37.4 Å². The number of rotatable bonds is 2. The molecule has 1 aliphatic rings. The zero-order chi connectivity index (χ0) is 19.6. The number of carbonyl (C=O) groups excluding carboxylic acids is 2. The van der Waals surface area contributed by atoms with Crippen molar-refractivity contribution in [2.45, 2.75) is 13.1 Å². The number of hydrogen-bond donors (Lipinski definition) is 0. The van der Waals surface area contributed by atoms with E-state index in [4.69, 9.17) is 0 Å². The maximum atomic E-state index is 12.6. The maximum Gasteiger partial charge on any atom is 0.416 e. The van der Waals surface area contributed by atoms with Crippen LogP contribution in [0.1, 0.15) is 32.1 Å². The third-order valence-electron chi connectivity index (χ3n) is 4.42. The molecule has 1 saturated heterocycles. The van der Waals surface area contributed by atoms with Crippen LogP contribution in [0.5, 0.6) is 0 Å². The lowest BCUT2D eigenvalue weighted by molar-refractivity contribution is -0.137. The van der Waals surface area contributed by atoms with E-state index in [0.29, 0.717) is 31.9 Å². The normalized spacial score (nSPS) is 15.0. The molecule has 2 aromatic rings. The molecule has 3 rings (SSSR count). The van der Waals surface area contributed by atoms with Crippen molar-refractivity contribution < 1.29 is 22.8 Å². The number of amides is 2. The molecule has 0 unspecified atom stereocenters. The van der Waals surface area contributed by atoms with Gasteiger partial charge in [0.05, 0.1) is 5.56 Å². The summed E-state index contributed by atoms with van der Waals surface area (Å²) in [6.45, 7) is 3.13. The van der Waals surface area contributed by atoms with Crippen LogP contribution in [0.4, 0.5) is 13.2 Å². The second-order valence-electron chi connectivity index (χ2n) is 6.32. The van der Waals surface area contributed by atoms with Crippen LogP contribution in [0.25, 0.3) is 0 Å². The van der Waals surface area contributed by atoms with Gasteiger partial charge < -0.3 is 9.80 Å². The molecule has 0 atom stereocenters. The molecule has 0 bridgehead atoms. The van der Waals surface area contributed by atoms with Crippen molar-refractivity contribution in [2.75, 3.05) is 26.2 Å². The first-order valence-corrected chi connectivity index (χ1v) is 8.45. The highest BCUT2D eigenvalue weighted by atomic mass is 19.4. The number of alkyl halides is 3. The van der Waals surface area contributed by atoms with Gasteiger partial charge in [0.25, 0.3) is 11.8 Å². The quantitative estimate of drug-likeness (QED) is 0.809. The average molecular weight is 377 g/mol. The van der Waals surface area contributed by atoms with Crippen molar-refractivity contribution in [2.24, 2.45) is 0 Å². The molecule has 0 N–H and O–H groups in total. The van der Waals surface area contributed by atoms with Gasteiger partial charge in [-0.2, -0.15) is 13.2 Å². The van der Waals surface area contributed by atoms with E-state index in [0.717, 1.165) is 17.8 Å². The molecule has 5 nitrogen and oxygen atoms in total. The number of aryl methyl sites for hydroxylation is 1. The van der Waals surface area contributed by atoms with E-state index < -0.39 is 11.7 Å². The van der Waals surface area contributed by atoms with Gasteiger partial charge in [-0.1, -0.05) is 6.07 Å². The SMILES string of the molecule is Cc1cccc(C(=O)N2CCN(C(=O)c3ccc(C(F)(F)F)cc3)CC2)n1. The molecule has 0 radical (unpaired) electrons. The lowest BCUT2D eigenvalue weighted by Crippen LogP contribution is -2.50. The Kier molecular flexibility index (Phi) is 5.16. The second kappa shape index (κ2) is 7.38. The molecule has 1 aromatic heterocycles. The van der Waals surface area contributed by atoms with Gasteiger partial charge in [0.1, 0.15) is 5.69 Å². The minimum Gasteiger partial charge on any atom is -0.335 e. The summed E-state index contributed by atoms with van der Waals surface area (Å²) < 4.78 is 37.9. The predicted octanol–water partition coefficient (Wildman–Crippen LogP) is 3.01. The lowest BCUT2D eigenvalue weighted by Gasteiger charge is -2.34. The number of hydrogen-bond acceptors (Lipinski definition) is 3. The van der Waals surface area contributed by atoms with E-state index in [9.17, 15) is 22.8 Å². The minimum absolute atomic E-state index is 0.194. The number of nitrogens with zero attached hydrogens (tertiary/aromatic N) is 3. The Labute approximate surface area is 154 Å². The number of pyridine rings is 1. The van der Waals surface area contributed by atoms with E-state index in [1.54, 1.807) is 30.0 Å². The predicted molar refractivity (Wildman–Crippen MR) is 92.2 cm³/mol. The van der Waals surface area contributed by atoms with E-state index in [1.807, 2.05) is 0 Å². The summed E-state index contributed by atoms with van der Waals surface area (Å²) in [5.41, 5.74) is 0.512. The van der Waals surface area contributed by atoms with Gasteiger partial charge in [-0.25, -0.2) is 4.98 Å². The number of benzene rings is 1. The van der Waals surface area contributed by atoms with Crippen molar-refractivity contribution >= 4 is 11.8 Å². The van der Waals surface area contributed by atoms with Gasteiger partial charge >= 0.3 is 6.18 Å². The molecule has 8 heteroatoms. The third kappa shape index (κ3) is 4.27. The zero-order valence-electron chi connectivity index (χ0n) is 14.7. The van der Waals surface area contributed by atoms with Crippen LogP contribution in [-0.4, -0.2) is 52.8 Å². The molecule has 1 aliphatic heterocycles. The molecule has 2 amide bonds. The summed E-state index contributed by atoms with van der Waals surface area (Å²) in [4.78, 5) is 32.3. The highest BCUT2D eigenvalue weighted by Crippen LogP contribution is 2.29. The van der Waals surface area contributed by atoms with E-state index in [1.165, 1.54) is 17.0 Å². The summed E-state index contributed by atoms with van der Waals surface area (Å²) in [6, 6.07) is 9.37. The molecule has 0 aliphatic carbocycles. The zero-order valence-corrected chi connectivity index (χ0v) is 14.7. The molecule has 0 spiro atoms. The fourth-order valence-electron chi connectivity index (χ4n) is 2.92. The van der Waals surface area contributed by atoms with E-state index >= 15 is 0 Å². The number of aromatic nitrogens is 1. The highest BCUT2D eigenvalue weighted by molar-refractivity contribution is 5.95. The van der Waals surface area contributed by atoms with Crippen molar-refractivity contribution in [1.82, 2.24) is 14.8 Å². The number of carbonyl (C=O) groups is 2. The molecule has 1 aromatic carbocycles. The Morgan fingerprint density at radius 1 is 0.889 bits per heavy atom. The van der Waals surface area contributed by atoms with Gasteiger partial charge in [-0.3, -0.25) is 9.59 Å². The lowest BCUT2D eigenvalue weighted by atomic mass is 10.1. The fourth-order valence-corrected chi connectivity index (χ4v) is 2.92. The second-order valence-corrected chi connectivity index (χ2v) is 6.32. The molecule has 2 heterocycles. The Bertz CT molecular complexity index is 842. The van der Waals surface area contributed by atoms with Gasteiger partial charge in [0.2, 0.25) is 0 Å². The van der Waals surface area contributed by atoms with Crippen LogP contribution in [0.2, 0.25) is 0 Å². The summed E-state index contributed by atoms with van der Waals surface area (Å²) in [5, 5.41) is 0. The first-order chi connectivity index (χ1) is 12.8. The summed E-state index contributed by atoms with van der Waals surface area (Å²) in [5.74, 6) is -0.537. The monoisotopic (exact) mass is 377 g/mol. The first-order valence-electron chi connectivity index (χ1n) is 8.45. The van der Waals surface area contributed by atoms with Crippen LogP contribution in [-0.2, 0) is 6.18 Å². The first kappa shape index (κ1) is 18.9. The highest BCUT2D eigenvalue weighted by Gasteiger charge is 2.31. The van der Waals surface area contributed by atoms with Gasteiger partial charge in [-0.05, 0) is 43.3 Å². The molecule has 1 fully saturated rings. The average Bonchev–Trinajstić information content (AvgIpc) is 2.66. The molecular weight excluding hydrogens is 359 g/mol. The van der Waals surface area contributed by atoms with Crippen LogP contribution in [0.15, 0.2) is 42.5 Å². The van der Waals surface area contributed by atoms with Crippen molar-refractivity contribution in [3.8, 4) is 0 Å². The van der Waals surface area contributed by atoms with Gasteiger partial charge in [-0.15, -0.1) is 0 Å². The maximum absolute atomic E-state index is 12.6. The smallest absolute Gasteiger partial charge is 0.335 e. The van der Waals surface area contributed by atoms with Crippen LogP contribution in [0, 0.1) is 6.92 Å². The fraction of sp³-hybridized carbons (Fsp3) is 0.316. The number of piperazine rings is 1. The molecular formula is C19H18F3N3O2. The Morgan fingerprint density at radius 3 is 1.96 bits per heavy atom. The van der Waals surface area contributed by atoms with Crippen molar-refractivity contribution in [3.63, 3.8) is 0 Å². The van der Waals surface area contributed by atoms with Crippen LogP contribution in [0.3, 0.4) is 0 Å². The summed E-state index contributed by atoms with van der Waals surface area (Å²) >= 11 is 0.